The molecule has 0 saturated carbocycles. The van der Waals surface area contributed by atoms with E-state index in [1.54, 1.807) is 12.5 Å². The first-order valence-electron chi connectivity index (χ1n) is 5.21. The molecule has 0 amide bonds. The van der Waals surface area contributed by atoms with Gasteiger partial charge in [0.2, 0.25) is 5.95 Å². The SMILES string of the molecule is c1cc(-c2nc(N3CCOCC3)n[nH]2)co1. The molecule has 1 N–H and O–H groups in total. The second-order valence-corrected chi connectivity index (χ2v) is 3.60. The van der Waals surface area contributed by atoms with Gasteiger partial charge in [0.15, 0.2) is 5.82 Å². The number of H-pyrrole nitrogens is 1. The Balaban J connectivity index is 1.82. The molecule has 3 heterocycles. The second kappa shape index (κ2) is 3.97. The number of aromatic amines is 1. The van der Waals surface area contributed by atoms with Crippen LogP contribution in [0.25, 0.3) is 11.4 Å². The molecule has 0 aliphatic carbocycles. The number of nitrogens with one attached hydrogen (secondary N) is 1. The van der Waals surface area contributed by atoms with E-state index in [1.807, 2.05) is 6.07 Å². The van der Waals surface area contributed by atoms with E-state index in [0.29, 0.717) is 0 Å². The van der Waals surface area contributed by atoms with E-state index in [9.17, 15) is 0 Å². The van der Waals surface area contributed by atoms with Crippen LogP contribution >= 0.6 is 0 Å². The van der Waals surface area contributed by atoms with Crippen molar-refractivity contribution in [1.82, 2.24) is 15.2 Å². The van der Waals surface area contributed by atoms with E-state index in [4.69, 9.17) is 9.15 Å². The quantitative estimate of drug-likeness (QED) is 0.814. The number of nitrogens with zero attached hydrogens (tertiary/aromatic N) is 3. The molecular formula is C10H12N4O2. The Kier molecular flexibility index (Phi) is 2.34. The van der Waals surface area contributed by atoms with Crippen molar-refractivity contribution in [1.29, 1.82) is 0 Å². The lowest BCUT2D eigenvalue weighted by Gasteiger charge is -2.25. The van der Waals surface area contributed by atoms with Gasteiger partial charge in [-0.3, -0.25) is 5.10 Å². The Bertz CT molecular complexity index is 445. The maximum absolute atomic E-state index is 5.28. The first kappa shape index (κ1) is 9.41. The van der Waals surface area contributed by atoms with Gasteiger partial charge in [0.1, 0.15) is 6.26 Å². The molecule has 1 saturated heterocycles. The molecule has 3 rings (SSSR count). The molecule has 1 aliphatic heterocycles. The van der Waals surface area contributed by atoms with Gasteiger partial charge >= 0.3 is 0 Å². The van der Waals surface area contributed by atoms with Crippen LogP contribution in [0.3, 0.4) is 0 Å². The highest BCUT2D eigenvalue weighted by Crippen LogP contribution is 2.18. The Morgan fingerprint density at radius 2 is 2.19 bits per heavy atom. The smallest absolute Gasteiger partial charge is 0.245 e. The zero-order valence-corrected chi connectivity index (χ0v) is 8.72. The highest BCUT2D eigenvalue weighted by molar-refractivity contribution is 5.54. The highest BCUT2D eigenvalue weighted by atomic mass is 16.5. The molecule has 2 aromatic heterocycles. The number of ether oxygens (including phenoxy) is 1. The van der Waals surface area contributed by atoms with Gasteiger partial charge in [-0.1, -0.05) is 0 Å². The summed E-state index contributed by atoms with van der Waals surface area (Å²) in [5.41, 5.74) is 0.909. The summed E-state index contributed by atoms with van der Waals surface area (Å²) in [5.74, 6) is 1.45. The minimum Gasteiger partial charge on any atom is -0.472 e. The van der Waals surface area contributed by atoms with E-state index >= 15 is 0 Å². The van der Waals surface area contributed by atoms with Gasteiger partial charge in [-0.15, -0.1) is 5.10 Å². The average molecular weight is 220 g/mol. The summed E-state index contributed by atoms with van der Waals surface area (Å²) in [6.07, 6.45) is 3.26. The lowest BCUT2D eigenvalue weighted by molar-refractivity contribution is 0.122. The molecule has 0 aromatic carbocycles. The topological polar surface area (TPSA) is 67.2 Å². The van der Waals surface area contributed by atoms with E-state index in [1.165, 1.54) is 0 Å². The van der Waals surface area contributed by atoms with Gasteiger partial charge in [-0.05, 0) is 6.07 Å². The summed E-state index contributed by atoms with van der Waals surface area (Å²) in [6.45, 7) is 3.14. The molecule has 1 aliphatic rings. The fourth-order valence-corrected chi connectivity index (χ4v) is 1.69. The Morgan fingerprint density at radius 1 is 1.31 bits per heavy atom. The van der Waals surface area contributed by atoms with E-state index < -0.39 is 0 Å². The molecule has 16 heavy (non-hydrogen) atoms. The predicted molar refractivity (Wildman–Crippen MR) is 57.1 cm³/mol. The highest BCUT2D eigenvalue weighted by Gasteiger charge is 2.16. The number of hydrogen-bond acceptors (Lipinski definition) is 5. The van der Waals surface area contributed by atoms with Crippen molar-refractivity contribution in [2.24, 2.45) is 0 Å². The number of aromatic nitrogens is 3. The maximum atomic E-state index is 5.28. The van der Waals surface area contributed by atoms with Crippen molar-refractivity contribution in [3.8, 4) is 11.4 Å². The summed E-state index contributed by atoms with van der Waals surface area (Å²) < 4.78 is 10.3. The third kappa shape index (κ3) is 1.67. The molecule has 1 fully saturated rings. The first-order valence-corrected chi connectivity index (χ1v) is 5.21. The fraction of sp³-hybridized carbons (Fsp3) is 0.400. The molecule has 84 valence electrons. The second-order valence-electron chi connectivity index (χ2n) is 3.60. The van der Waals surface area contributed by atoms with Gasteiger partial charge in [0.25, 0.3) is 0 Å². The van der Waals surface area contributed by atoms with Crippen molar-refractivity contribution < 1.29 is 9.15 Å². The van der Waals surface area contributed by atoms with Crippen LogP contribution in [0.2, 0.25) is 0 Å². The summed E-state index contributed by atoms with van der Waals surface area (Å²) in [7, 11) is 0. The molecule has 0 atom stereocenters. The zero-order chi connectivity index (χ0) is 10.8. The third-order valence-electron chi connectivity index (χ3n) is 2.56. The van der Waals surface area contributed by atoms with Crippen LogP contribution in [0.15, 0.2) is 23.0 Å². The minimum atomic E-state index is 0.722. The maximum Gasteiger partial charge on any atom is 0.245 e. The van der Waals surface area contributed by atoms with Crippen molar-refractivity contribution in [3.05, 3.63) is 18.6 Å². The van der Waals surface area contributed by atoms with Gasteiger partial charge in [0.05, 0.1) is 25.0 Å². The van der Waals surface area contributed by atoms with Crippen molar-refractivity contribution in [3.63, 3.8) is 0 Å². The van der Waals surface area contributed by atoms with Gasteiger partial charge in [-0.2, -0.15) is 4.98 Å². The van der Waals surface area contributed by atoms with Gasteiger partial charge < -0.3 is 14.1 Å². The lowest BCUT2D eigenvalue weighted by Crippen LogP contribution is -2.36. The molecule has 2 aromatic rings. The van der Waals surface area contributed by atoms with Crippen LogP contribution in [0.1, 0.15) is 0 Å². The summed E-state index contributed by atoms with van der Waals surface area (Å²) in [6, 6.07) is 1.85. The number of hydrogen-bond donors (Lipinski definition) is 1. The summed E-state index contributed by atoms with van der Waals surface area (Å²) in [5, 5.41) is 7.09. The van der Waals surface area contributed by atoms with E-state index in [-0.39, 0.29) is 0 Å². The summed E-state index contributed by atoms with van der Waals surface area (Å²) in [4.78, 5) is 6.52. The van der Waals surface area contributed by atoms with Crippen LogP contribution in [-0.4, -0.2) is 41.5 Å². The fourth-order valence-electron chi connectivity index (χ4n) is 1.69. The van der Waals surface area contributed by atoms with E-state index in [0.717, 1.165) is 43.6 Å². The van der Waals surface area contributed by atoms with Crippen molar-refractivity contribution in [2.45, 2.75) is 0 Å². The van der Waals surface area contributed by atoms with Crippen LogP contribution < -0.4 is 4.90 Å². The number of rotatable bonds is 2. The standard InChI is InChI=1S/C10H12N4O2/c1-4-16-7-8(1)9-11-10(13-12-9)14-2-5-15-6-3-14/h1,4,7H,2-3,5-6H2,(H,11,12,13). The van der Waals surface area contributed by atoms with Gasteiger partial charge in [-0.25, -0.2) is 0 Å². The molecule has 6 heteroatoms. The minimum absolute atomic E-state index is 0.722. The van der Waals surface area contributed by atoms with Crippen molar-refractivity contribution >= 4 is 5.95 Å². The van der Waals surface area contributed by atoms with E-state index in [2.05, 4.69) is 20.1 Å². The zero-order valence-electron chi connectivity index (χ0n) is 8.72. The third-order valence-corrected chi connectivity index (χ3v) is 2.56. The average Bonchev–Trinajstić information content (AvgIpc) is 3.01. The molecular weight excluding hydrogens is 208 g/mol. The summed E-state index contributed by atoms with van der Waals surface area (Å²) >= 11 is 0. The normalized spacial score (nSPS) is 16.6. The lowest BCUT2D eigenvalue weighted by atomic mass is 10.3. The number of furan rings is 1. The monoisotopic (exact) mass is 220 g/mol. The Morgan fingerprint density at radius 3 is 2.94 bits per heavy atom. The van der Waals surface area contributed by atoms with Crippen LogP contribution in [0, 0.1) is 0 Å². The van der Waals surface area contributed by atoms with Crippen LogP contribution in [-0.2, 0) is 4.74 Å². The van der Waals surface area contributed by atoms with Crippen molar-refractivity contribution in [2.75, 3.05) is 31.2 Å². The molecule has 6 nitrogen and oxygen atoms in total. The molecule has 0 radical (unpaired) electrons. The molecule has 0 spiro atoms. The van der Waals surface area contributed by atoms with Gasteiger partial charge in [0, 0.05) is 13.1 Å². The number of anilines is 1. The van der Waals surface area contributed by atoms with Crippen LogP contribution in [0.4, 0.5) is 5.95 Å². The Labute approximate surface area is 92.2 Å². The number of morpholine rings is 1. The molecule has 0 unspecified atom stereocenters. The largest absolute Gasteiger partial charge is 0.472 e. The van der Waals surface area contributed by atoms with Crippen LogP contribution in [0.5, 0.6) is 0 Å². The predicted octanol–water partition coefficient (Wildman–Crippen LogP) is 0.901. The first-order chi connectivity index (χ1) is 7.93. The molecule has 0 bridgehead atoms. The Hall–Kier alpha value is -1.82.